The summed E-state index contributed by atoms with van der Waals surface area (Å²) in [6, 6.07) is 0. The second kappa shape index (κ2) is 3.22. The number of nitrogens with two attached hydrogens (primary N) is 1. The summed E-state index contributed by atoms with van der Waals surface area (Å²) in [6.07, 6.45) is 1.24. The van der Waals surface area contributed by atoms with E-state index in [0.717, 1.165) is 12.8 Å². The van der Waals surface area contributed by atoms with Crippen LogP contribution < -0.4 is 5.73 Å². The van der Waals surface area contributed by atoms with Crippen molar-refractivity contribution in [3.63, 3.8) is 0 Å². The van der Waals surface area contributed by atoms with Crippen molar-refractivity contribution in [2.75, 3.05) is 0 Å². The van der Waals surface area contributed by atoms with E-state index in [1.54, 1.807) is 0 Å². The number of rotatable bonds is 3. The molecular formula is C9H11NO5. The highest BCUT2D eigenvalue weighted by atomic mass is 16.6. The van der Waals surface area contributed by atoms with Crippen LogP contribution >= 0.6 is 0 Å². The van der Waals surface area contributed by atoms with Gasteiger partial charge < -0.3 is 15.2 Å². The number of hydrogen-bond donors (Lipinski definition) is 1. The lowest BCUT2D eigenvalue weighted by molar-refractivity contribution is -0.168. The van der Waals surface area contributed by atoms with Crippen molar-refractivity contribution in [3.8, 4) is 0 Å². The van der Waals surface area contributed by atoms with Crippen molar-refractivity contribution in [2.45, 2.75) is 31.3 Å². The number of ether oxygens (including phenoxy) is 2. The molecule has 2 aliphatic rings. The smallest absolute Gasteiger partial charge is 0.412 e. The molecule has 2 rings (SSSR count). The molecule has 0 aromatic rings. The summed E-state index contributed by atoms with van der Waals surface area (Å²) in [6.45, 7) is 0. The monoisotopic (exact) mass is 213 g/mol. The van der Waals surface area contributed by atoms with Crippen molar-refractivity contribution >= 4 is 18.0 Å². The van der Waals surface area contributed by atoms with Gasteiger partial charge in [0.05, 0.1) is 5.92 Å². The number of carbonyl (C=O) groups excluding carboxylic acids is 3. The van der Waals surface area contributed by atoms with Crippen LogP contribution in [0, 0.1) is 5.92 Å². The maximum absolute atomic E-state index is 11.3. The lowest BCUT2D eigenvalue weighted by Gasteiger charge is -2.13. The molecule has 0 aromatic carbocycles. The molecular weight excluding hydrogens is 202 g/mol. The molecule has 0 unspecified atom stereocenters. The Labute approximate surface area is 85.7 Å². The third kappa shape index (κ3) is 2.08. The highest BCUT2D eigenvalue weighted by molar-refractivity contribution is 5.93. The summed E-state index contributed by atoms with van der Waals surface area (Å²) < 4.78 is 9.22. The van der Waals surface area contributed by atoms with Gasteiger partial charge in [-0.2, -0.15) is 0 Å². The number of esters is 2. The van der Waals surface area contributed by atoms with Gasteiger partial charge in [0, 0.05) is 12.8 Å². The van der Waals surface area contributed by atoms with Gasteiger partial charge in [-0.15, -0.1) is 0 Å². The summed E-state index contributed by atoms with van der Waals surface area (Å²) in [7, 11) is 0. The molecule has 0 aliphatic heterocycles. The first-order valence-electron chi connectivity index (χ1n) is 4.78. The van der Waals surface area contributed by atoms with Gasteiger partial charge in [0.1, 0.15) is 0 Å². The van der Waals surface area contributed by atoms with Crippen molar-refractivity contribution < 1.29 is 23.9 Å². The molecule has 0 aromatic heterocycles. The Kier molecular flexibility index (Phi) is 2.13. The minimum absolute atomic E-state index is 0.0798. The van der Waals surface area contributed by atoms with Crippen LogP contribution in [0.15, 0.2) is 0 Å². The van der Waals surface area contributed by atoms with Crippen molar-refractivity contribution in [1.29, 1.82) is 0 Å². The van der Waals surface area contributed by atoms with Gasteiger partial charge in [-0.25, -0.2) is 9.59 Å². The molecule has 2 fully saturated rings. The summed E-state index contributed by atoms with van der Waals surface area (Å²) in [5.74, 6) is -1.32. The standard InChI is InChI=1S/C9H11NO5/c10-8(13)14-7(12)9(3-4-9)15-6(11)5-1-2-5/h5H,1-4H2,(H2,10,13). The van der Waals surface area contributed by atoms with Crippen LogP contribution in [0.2, 0.25) is 0 Å². The molecule has 0 saturated heterocycles. The second-order valence-electron chi connectivity index (χ2n) is 3.90. The zero-order valence-electron chi connectivity index (χ0n) is 8.02. The largest absolute Gasteiger partial charge is 0.447 e. The van der Waals surface area contributed by atoms with Gasteiger partial charge in [-0.3, -0.25) is 4.79 Å². The summed E-state index contributed by atoms with van der Waals surface area (Å²) in [5, 5.41) is 0. The minimum atomic E-state index is -1.23. The van der Waals surface area contributed by atoms with E-state index in [1.165, 1.54) is 0 Å². The van der Waals surface area contributed by atoms with Gasteiger partial charge in [0.25, 0.3) is 0 Å². The molecule has 15 heavy (non-hydrogen) atoms. The maximum Gasteiger partial charge on any atom is 0.412 e. The molecule has 0 bridgehead atoms. The Balaban J connectivity index is 1.91. The SMILES string of the molecule is NC(=O)OC(=O)C1(OC(=O)C2CC2)CC1. The Morgan fingerprint density at radius 2 is 1.80 bits per heavy atom. The minimum Gasteiger partial charge on any atom is -0.447 e. The van der Waals surface area contributed by atoms with Crippen molar-refractivity contribution in [1.82, 2.24) is 0 Å². The molecule has 6 nitrogen and oxygen atoms in total. The number of hydrogen-bond acceptors (Lipinski definition) is 5. The van der Waals surface area contributed by atoms with Crippen molar-refractivity contribution in [2.24, 2.45) is 11.7 Å². The van der Waals surface area contributed by atoms with Gasteiger partial charge in [0.15, 0.2) is 0 Å². The van der Waals surface area contributed by atoms with E-state index in [-0.39, 0.29) is 11.9 Å². The first-order chi connectivity index (χ1) is 7.03. The van der Waals surface area contributed by atoms with E-state index in [1.807, 2.05) is 0 Å². The van der Waals surface area contributed by atoms with Gasteiger partial charge in [0.2, 0.25) is 5.60 Å². The van der Waals surface area contributed by atoms with Gasteiger partial charge >= 0.3 is 18.0 Å². The maximum atomic E-state index is 11.3. The number of primary amides is 1. The highest BCUT2D eigenvalue weighted by Gasteiger charge is 2.57. The lowest BCUT2D eigenvalue weighted by atomic mass is 10.3. The molecule has 1 amide bonds. The van der Waals surface area contributed by atoms with Crippen LogP contribution in [0.5, 0.6) is 0 Å². The Hall–Kier alpha value is -1.59. The molecule has 6 heteroatoms. The number of carbonyl (C=O) groups is 3. The lowest BCUT2D eigenvalue weighted by Crippen LogP contribution is -2.34. The normalized spacial score (nSPS) is 21.6. The quantitative estimate of drug-likeness (QED) is 0.529. The van der Waals surface area contributed by atoms with Crippen LogP contribution in [-0.2, 0) is 19.1 Å². The van der Waals surface area contributed by atoms with E-state index in [4.69, 9.17) is 10.5 Å². The third-order valence-corrected chi connectivity index (χ3v) is 2.48. The molecule has 2 N–H and O–H groups in total. The van der Waals surface area contributed by atoms with Crippen LogP contribution in [0.4, 0.5) is 4.79 Å². The first kappa shape index (κ1) is 9.95. The van der Waals surface area contributed by atoms with Crippen LogP contribution in [-0.4, -0.2) is 23.6 Å². The Bertz CT molecular complexity index is 329. The number of amides is 1. The van der Waals surface area contributed by atoms with Gasteiger partial charge in [-0.1, -0.05) is 0 Å². The van der Waals surface area contributed by atoms with E-state index < -0.39 is 17.7 Å². The van der Waals surface area contributed by atoms with Gasteiger partial charge in [-0.05, 0) is 12.8 Å². The van der Waals surface area contributed by atoms with E-state index in [0.29, 0.717) is 12.8 Å². The van der Waals surface area contributed by atoms with E-state index in [9.17, 15) is 14.4 Å². The zero-order chi connectivity index (χ0) is 11.1. The molecule has 0 spiro atoms. The fourth-order valence-corrected chi connectivity index (χ4v) is 1.24. The predicted molar refractivity (Wildman–Crippen MR) is 46.5 cm³/mol. The molecule has 0 radical (unpaired) electrons. The Morgan fingerprint density at radius 1 is 1.20 bits per heavy atom. The molecule has 2 saturated carbocycles. The zero-order valence-corrected chi connectivity index (χ0v) is 8.02. The second-order valence-corrected chi connectivity index (χ2v) is 3.90. The third-order valence-electron chi connectivity index (χ3n) is 2.48. The van der Waals surface area contributed by atoms with Crippen molar-refractivity contribution in [3.05, 3.63) is 0 Å². The average molecular weight is 213 g/mol. The topological polar surface area (TPSA) is 95.7 Å². The molecule has 2 aliphatic carbocycles. The molecule has 0 atom stereocenters. The fraction of sp³-hybridized carbons (Fsp3) is 0.667. The van der Waals surface area contributed by atoms with E-state index >= 15 is 0 Å². The summed E-state index contributed by atoms with van der Waals surface area (Å²) in [5.41, 5.74) is 3.47. The highest BCUT2D eigenvalue weighted by Crippen LogP contribution is 2.43. The fourth-order valence-electron chi connectivity index (χ4n) is 1.24. The first-order valence-corrected chi connectivity index (χ1v) is 4.78. The van der Waals surface area contributed by atoms with Crippen LogP contribution in [0.3, 0.4) is 0 Å². The Morgan fingerprint density at radius 3 is 2.20 bits per heavy atom. The summed E-state index contributed by atoms with van der Waals surface area (Å²) in [4.78, 5) is 33.0. The summed E-state index contributed by atoms with van der Waals surface area (Å²) >= 11 is 0. The van der Waals surface area contributed by atoms with Crippen LogP contribution in [0.1, 0.15) is 25.7 Å². The van der Waals surface area contributed by atoms with E-state index in [2.05, 4.69) is 4.74 Å². The average Bonchev–Trinajstić information content (AvgIpc) is 2.99. The molecule has 82 valence electrons. The predicted octanol–water partition coefficient (Wildman–Crippen LogP) is 0.0941. The molecule has 0 heterocycles. The van der Waals surface area contributed by atoms with Crippen LogP contribution in [0.25, 0.3) is 0 Å².